The number of benzene rings is 6. The third kappa shape index (κ3) is 9.75. The monoisotopic (exact) mass is 670 g/mol. The van der Waals surface area contributed by atoms with Gasteiger partial charge in [-0.1, -0.05) is 169 Å². The van der Waals surface area contributed by atoms with Crippen molar-refractivity contribution in [2.75, 3.05) is 0 Å². The first kappa shape index (κ1) is 37.9. The van der Waals surface area contributed by atoms with Gasteiger partial charge in [0, 0.05) is 0 Å². The maximum absolute atomic E-state index is 2.26. The van der Waals surface area contributed by atoms with Crippen LogP contribution in [0.25, 0.3) is 43.8 Å². The second-order valence-corrected chi connectivity index (χ2v) is 12.7. The molecule has 2 radical (unpaired) electrons. The quantitative estimate of drug-likeness (QED) is 0.129. The van der Waals surface area contributed by atoms with E-state index in [0.717, 1.165) is 9.52 Å². The van der Waals surface area contributed by atoms with Crippen LogP contribution in [0.15, 0.2) is 182 Å². The summed E-state index contributed by atoms with van der Waals surface area (Å²) in [6.07, 6.45) is 0. The van der Waals surface area contributed by atoms with Crippen LogP contribution in [0.4, 0.5) is 0 Å². The molecular formula is C46H42SiTi. The van der Waals surface area contributed by atoms with Crippen molar-refractivity contribution in [3.8, 4) is 22.3 Å². The van der Waals surface area contributed by atoms with E-state index < -0.39 is 0 Å². The van der Waals surface area contributed by atoms with Gasteiger partial charge in [0.05, 0.1) is 0 Å². The summed E-state index contributed by atoms with van der Waals surface area (Å²) < 4.78 is 0. The van der Waals surface area contributed by atoms with E-state index in [9.17, 15) is 0 Å². The maximum atomic E-state index is 2.26. The number of rotatable bonds is 4. The van der Waals surface area contributed by atoms with Crippen molar-refractivity contribution < 1.29 is 21.7 Å². The van der Waals surface area contributed by atoms with Crippen molar-refractivity contribution in [3.05, 3.63) is 208 Å². The standard InChI is InChI=1S/2C16H13.C12H10Si.2CH3.Ti/c2*1-12-10-14-8-5-9-15(16(14)11-12)13-6-3-2-4-7-13;1-3-7-11(8-4-1)13-12-9-5-2-6-10-12;;;/h2*2-11H,1H3;1-10H;2*1H3;/q2*-1;;2*-1;+4. The molecular weight excluding hydrogens is 628 g/mol. The average Bonchev–Trinajstić information content (AvgIpc) is 3.68. The number of hydrogen-bond acceptors (Lipinski definition) is 0. The van der Waals surface area contributed by atoms with Gasteiger partial charge in [0.25, 0.3) is 0 Å². The van der Waals surface area contributed by atoms with Crippen molar-refractivity contribution in [1.29, 1.82) is 0 Å². The van der Waals surface area contributed by atoms with Gasteiger partial charge in [0.15, 0.2) is 0 Å². The summed E-state index contributed by atoms with van der Waals surface area (Å²) in [7, 11) is 0.777. The van der Waals surface area contributed by atoms with Crippen LogP contribution in [-0.4, -0.2) is 9.52 Å². The topological polar surface area (TPSA) is 0 Å². The molecule has 0 fully saturated rings. The average molecular weight is 671 g/mol. The summed E-state index contributed by atoms with van der Waals surface area (Å²) in [5, 5.41) is 8.16. The van der Waals surface area contributed by atoms with Gasteiger partial charge in [0.2, 0.25) is 0 Å². The van der Waals surface area contributed by atoms with Gasteiger partial charge >= 0.3 is 21.7 Å². The summed E-state index contributed by atoms with van der Waals surface area (Å²) in [6, 6.07) is 64.3. The predicted molar refractivity (Wildman–Crippen MR) is 210 cm³/mol. The maximum Gasteiger partial charge on any atom is 4.00 e. The normalized spacial score (nSPS) is 9.88. The minimum Gasteiger partial charge on any atom is -0.358 e. The molecule has 0 bridgehead atoms. The van der Waals surface area contributed by atoms with E-state index in [1.165, 1.54) is 65.3 Å². The Hall–Kier alpha value is -4.53. The van der Waals surface area contributed by atoms with Crippen LogP contribution in [0, 0.1) is 28.7 Å². The molecule has 0 N–H and O–H groups in total. The second-order valence-electron chi connectivity index (χ2n) is 11.3. The minimum atomic E-state index is 0. The summed E-state index contributed by atoms with van der Waals surface area (Å²) in [5.41, 5.74) is 7.89. The largest absolute Gasteiger partial charge is 4.00 e. The van der Waals surface area contributed by atoms with Crippen LogP contribution >= 0.6 is 0 Å². The molecule has 0 heterocycles. The molecule has 0 atom stereocenters. The molecule has 0 amide bonds. The van der Waals surface area contributed by atoms with E-state index in [0.29, 0.717) is 0 Å². The van der Waals surface area contributed by atoms with Crippen molar-refractivity contribution in [2.45, 2.75) is 13.8 Å². The Morgan fingerprint density at radius 3 is 1.08 bits per heavy atom. The summed E-state index contributed by atoms with van der Waals surface area (Å²) in [5.74, 6) is 0. The van der Waals surface area contributed by atoms with Crippen LogP contribution in [0.1, 0.15) is 11.1 Å². The third-order valence-corrected chi connectivity index (χ3v) is 9.04. The Morgan fingerprint density at radius 2 is 0.729 bits per heavy atom. The Labute approximate surface area is 305 Å². The molecule has 0 nitrogen and oxygen atoms in total. The van der Waals surface area contributed by atoms with Crippen LogP contribution < -0.4 is 10.4 Å². The molecule has 48 heavy (non-hydrogen) atoms. The molecule has 0 spiro atoms. The number of hydrogen-bond donors (Lipinski definition) is 0. The zero-order valence-electron chi connectivity index (χ0n) is 28.3. The van der Waals surface area contributed by atoms with Gasteiger partial charge in [-0.3, -0.25) is 0 Å². The van der Waals surface area contributed by atoms with E-state index >= 15 is 0 Å². The van der Waals surface area contributed by atoms with Gasteiger partial charge in [0.1, 0.15) is 9.52 Å². The Bertz CT molecular complexity index is 1920. The Kier molecular flexibility index (Phi) is 14.8. The van der Waals surface area contributed by atoms with E-state index in [2.05, 4.69) is 196 Å². The first-order valence-electron chi connectivity index (χ1n) is 15.4. The fraction of sp³-hybridized carbons (Fsp3) is 0.0435. The molecule has 0 aliphatic rings. The van der Waals surface area contributed by atoms with Gasteiger partial charge in [-0.25, -0.2) is 0 Å². The fourth-order valence-corrected chi connectivity index (χ4v) is 6.77. The number of aryl methyl sites for hydroxylation is 2. The van der Waals surface area contributed by atoms with Crippen LogP contribution in [-0.2, 0) is 21.7 Å². The third-order valence-electron chi connectivity index (χ3n) is 7.80. The van der Waals surface area contributed by atoms with Gasteiger partial charge in [-0.05, 0) is 11.1 Å². The van der Waals surface area contributed by atoms with Gasteiger partial charge in [-0.2, -0.15) is 12.1 Å². The molecule has 0 aliphatic carbocycles. The van der Waals surface area contributed by atoms with E-state index in [1.54, 1.807) is 0 Å². The van der Waals surface area contributed by atoms with Crippen molar-refractivity contribution in [3.63, 3.8) is 0 Å². The zero-order chi connectivity index (χ0) is 30.8. The Morgan fingerprint density at radius 1 is 0.396 bits per heavy atom. The molecule has 8 aromatic rings. The summed E-state index contributed by atoms with van der Waals surface area (Å²) in [4.78, 5) is 0. The Balaban J connectivity index is 0.000000191. The SMILES string of the molecule is Cc1cc2c(-c3ccccc3)cccc2[cH-]1.Cc1cc2c(-c3ccccc3)cccc2[cH-]1.[CH3-].[CH3-].[Ti+4].c1ccc([Si]c2ccccc2)cc1. The second kappa shape index (κ2) is 18.7. The van der Waals surface area contributed by atoms with Crippen molar-refractivity contribution >= 4 is 41.4 Å². The van der Waals surface area contributed by atoms with Crippen molar-refractivity contribution in [1.82, 2.24) is 0 Å². The molecule has 8 rings (SSSR count). The molecule has 0 saturated carbocycles. The van der Waals surface area contributed by atoms with Crippen LogP contribution in [0.3, 0.4) is 0 Å². The first-order chi connectivity index (χ1) is 22.1. The predicted octanol–water partition coefficient (Wildman–Crippen LogP) is 11.3. The molecule has 0 unspecified atom stereocenters. The van der Waals surface area contributed by atoms with Gasteiger partial charge < -0.3 is 14.9 Å². The molecule has 234 valence electrons. The summed E-state index contributed by atoms with van der Waals surface area (Å²) >= 11 is 0. The van der Waals surface area contributed by atoms with E-state index in [1.807, 2.05) is 0 Å². The molecule has 0 saturated heterocycles. The van der Waals surface area contributed by atoms with E-state index in [4.69, 9.17) is 0 Å². The number of fused-ring (bicyclic) bond motifs is 2. The van der Waals surface area contributed by atoms with Crippen LogP contribution in [0.2, 0.25) is 0 Å². The smallest absolute Gasteiger partial charge is 0.358 e. The molecule has 0 aromatic heterocycles. The first-order valence-corrected chi connectivity index (χ1v) is 16.4. The minimum absolute atomic E-state index is 0. The zero-order valence-corrected chi connectivity index (χ0v) is 30.9. The summed E-state index contributed by atoms with van der Waals surface area (Å²) in [6.45, 7) is 4.30. The fourth-order valence-electron chi connectivity index (χ4n) is 5.72. The molecule has 0 aliphatic heterocycles. The molecule has 2 heteroatoms. The molecule has 8 aromatic carbocycles. The van der Waals surface area contributed by atoms with E-state index in [-0.39, 0.29) is 36.6 Å². The van der Waals surface area contributed by atoms with Crippen molar-refractivity contribution in [2.24, 2.45) is 0 Å². The van der Waals surface area contributed by atoms with Gasteiger partial charge in [-0.15, -0.1) is 69.1 Å². The van der Waals surface area contributed by atoms with Crippen LogP contribution in [0.5, 0.6) is 0 Å².